The lowest BCUT2D eigenvalue weighted by Gasteiger charge is -2.40. The Morgan fingerprint density at radius 2 is 1.93 bits per heavy atom. The number of piperazine rings is 1. The summed E-state index contributed by atoms with van der Waals surface area (Å²) in [5, 5.41) is 9.31. The fourth-order valence-electron chi connectivity index (χ4n) is 5.58. The number of halogens is 2. The van der Waals surface area contributed by atoms with E-state index >= 15 is 8.78 Å². The van der Waals surface area contributed by atoms with Crippen molar-refractivity contribution in [1.29, 1.82) is 0 Å². The predicted octanol–water partition coefficient (Wildman–Crippen LogP) is 4.24. The molecule has 45 heavy (non-hydrogen) atoms. The van der Waals surface area contributed by atoms with Crippen LogP contribution in [0.15, 0.2) is 54.0 Å². The van der Waals surface area contributed by atoms with E-state index in [1.54, 1.807) is 24.1 Å². The average molecular weight is 619 g/mol. The third-order valence-corrected chi connectivity index (χ3v) is 7.68. The number of hydrogen-bond donors (Lipinski definition) is 1. The summed E-state index contributed by atoms with van der Waals surface area (Å²) in [7, 11) is 0. The predicted molar refractivity (Wildman–Crippen MR) is 164 cm³/mol. The number of ether oxygens (including phenoxy) is 1. The van der Waals surface area contributed by atoms with E-state index in [1.165, 1.54) is 22.8 Å². The molecule has 3 aromatic heterocycles. The number of aromatic nitrogens is 4. The summed E-state index contributed by atoms with van der Waals surface area (Å²) in [5.74, 6) is -3.58. The zero-order chi connectivity index (χ0) is 32.6. The van der Waals surface area contributed by atoms with Crippen molar-refractivity contribution in [2.45, 2.75) is 39.7 Å². The number of aliphatic carboxylic acids is 1. The molecule has 1 saturated heterocycles. The Morgan fingerprint density at radius 1 is 1.18 bits per heavy atom. The van der Waals surface area contributed by atoms with Gasteiger partial charge in [-0.05, 0) is 55.7 Å². The van der Waals surface area contributed by atoms with Crippen LogP contribution in [-0.4, -0.2) is 73.7 Å². The number of carbonyl (C=O) groups excluding carboxylic acids is 1. The molecule has 0 spiro atoms. The number of carboxylic acids is 1. The highest BCUT2D eigenvalue weighted by molar-refractivity contribution is 5.91. The van der Waals surface area contributed by atoms with Crippen molar-refractivity contribution >= 4 is 28.7 Å². The topological polar surface area (TPSA) is 131 Å². The second kappa shape index (κ2) is 12.4. The van der Waals surface area contributed by atoms with E-state index < -0.39 is 41.2 Å². The van der Waals surface area contributed by atoms with E-state index in [9.17, 15) is 14.4 Å². The van der Waals surface area contributed by atoms with Crippen LogP contribution in [0.2, 0.25) is 0 Å². The summed E-state index contributed by atoms with van der Waals surface area (Å²) >= 11 is 0. The molecule has 1 atom stereocenters. The molecule has 1 amide bonds. The molecule has 0 unspecified atom stereocenters. The van der Waals surface area contributed by atoms with Crippen LogP contribution in [0.5, 0.6) is 5.75 Å². The highest BCUT2D eigenvalue weighted by Gasteiger charge is 2.31. The number of aryl methyl sites for hydroxylation is 1. The number of anilines is 1. The lowest BCUT2D eigenvalue weighted by molar-refractivity contribution is -0.139. The molecular weight excluding hydrogens is 586 g/mol. The summed E-state index contributed by atoms with van der Waals surface area (Å²) in [6.45, 7) is 11.1. The van der Waals surface area contributed by atoms with E-state index in [0.29, 0.717) is 36.6 Å². The van der Waals surface area contributed by atoms with Gasteiger partial charge in [-0.3, -0.25) is 9.78 Å². The first kappa shape index (κ1) is 31.2. The van der Waals surface area contributed by atoms with Crippen molar-refractivity contribution in [1.82, 2.24) is 24.4 Å². The van der Waals surface area contributed by atoms with Crippen LogP contribution < -0.4 is 15.3 Å². The molecule has 234 valence electrons. The van der Waals surface area contributed by atoms with E-state index in [0.717, 1.165) is 12.1 Å². The van der Waals surface area contributed by atoms with Crippen LogP contribution in [0.4, 0.5) is 14.6 Å². The van der Waals surface area contributed by atoms with Crippen LogP contribution >= 0.6 is 0 Å². The van der Waals surface area contributed by atoms with E-state index in [1.807, 2.05) is 25.7 Å². The summed E-state index contributed by atoms with van der Waals surface area (Å²) in [5.41, 5.74) is 0.0668. The smallest absolute Gasteiger partial charge is 0.355 e. The molecule has 1 aromatic carbocycles. The maximum atomic E-state index is 16.1. The van der Waals surface area contributed by atoms with Crippen LogP contribution in [0.3, 0.4) is 0 Å². The molecule has 13 heteroatoms. The third kappa shape index (κ3) is 5.85. The number of benzene rings is 1. The number of nitrogens with zero attached hydrogens (tertiary/aromatic N) is 6. The minimum atomic E-state index is -1.31. The highest BCUT2D eigenvalue weighted by atomic mass is 19.1. The number of carbonyl (C=O) groups is 2. The summed E-state index contributed by atoms with van der Waals surface area (Å²) in [4.78, 5) is 54.4. The van der Waals surface area contributed by atoms with Gasteiger partial charge in [-0.25, -0.2) is 27.9 Å². The molecule has 0 bridgehead atoms. The minimum absolute atomic E-state index is 0.0105. The van der Waals surface area contributed by atoms with Gasteiger partial charge in [-0.2, -0.15) is 4.98 Å². The maximum absolute atomic E-state index is 16.1. The molecule has 1 aliphatic rings. The first-order valence-corrected chi connectivity index (χ1v) is 14.3. The fraction of sp³-hybridized carbons (Fsp3) is 0.312. The SMILES string of the molecule is C=CC(=O)N1CCN(c2nc(=O)n(-c3c(C)ccnc3C(C)C)c3nc(-c4c(F)cccc4OCC(=O)O)c(F)cc23)[C@@H](C)C1. The molecule has 1 aliphatic heterocycles. The van der Waals surface area contributed by atoms with Crippen molar-refractivity contribution in [3.63, 3.8) is 0 Å². The highest BCUT2D eigenvalue weighted by Crippen LogP contribution is 2.37. The Hall–Kier alpha value is -5.20. The zero-order valence-corrected chi connectivity index (χ0v) is 25.3. The van der Waals surface area contributed by atoms with Gasteiger partial charge in [0.05, 0.1) is 22.3 Å². The number of hydrogen-bond acceptors (Lipinski definition) is 8. The minimum Gasteiger partial charge on any atom is -0.481 e. The van der Waals surface area contributed by atoms with Gasteiger partial charge in [-0.1, -0.05) is 26.5 Å². The second-order valence-electron chi connectivity index (χ2n) is 11.1. The average Bonchev–Trinajstić information content (AvgIpc) is 2.99. The van der Waals surface area contributed by atoms with Crippen molar-refractivity contribution in [3.05, 3.63) is 82.6 Å². The summed E-state index contributed by atoms with van der Waals surface area (Å²) in [6.07, 6.45) is 2.86. The molecule has 0 aliphatic carbocycles. The Morgan fingerprint density at radius 3 is 2.60 bits per heavy atom. The normalized spacial score (nSPS) is 15.0. The molecule has 0 saturated carbocycles. The lowest BCUT2D eigenvalue weighted by Crippen LogP contribution is -2.54. The number of carboxylic acid groups (broad SMARTS) is 1. The standard InChI is InChI=1S/C32H32F2N6O5/c1-6-24(41)38-12-13-39(19(5)15-38)30-20-14-22(34)28(26-21(33)8-7-9-23(26)45-16-25(42)43)36-31(20)40(32(44)37-30)29-18(4)10-11-35-27(29)17(2)3/h6-11,14,17,19H,1,12-13,15-16H2,2-5H3,(H,42,43)/t19-/m0/s1. The zero-order valence-electron chi connectivity index (χ0n) is 25.3. The Balaban J connectivity index is 1.82. The van der Waals surface area contributed by atoms with E-state index in [4.69, 9.17) is 9.84 Å². The van der Waals surface area contributed by atoms with Crippen LogP contribution in [-0.2, 0) is 9.59 Å². The van der Waals surface area contributed by atoms with Gasteiger partial charge in [0.15, 0.2) is 18.1 Å². The quantitative estimate of drug-likeness (QED) is 0.288. The monoisotopic (exact) mass is 618 g/mol. The Labute approximate surface area is 257 Å². The molecule has 1 fully saturated rings. The molecule has 4 heterocycles. The van der Waals surface area contributed by atoms with Gasteiger partial charge < -0.3 is 19.6 Å². The Kier molecular flexibility index (Phi) is 8.62. The molecule has 0 radical (unpaired) electrons. The summed E-state index contributed by atoms with van der Waals surface area (Å²) in [6, 6.07) is 6.24. The molecular formula is C32H32F2N6O5. The first-order chi connectivity index (χ1) is 21.4. The van der Waals surface area contributed by atoms with Crippen molar-refractivity contribution in [3.8, 4) is 22.7 Å². The molecule has 4 aromatic rings. The second-order valence-corrected chi connectivity index (χ2v) is 11.1. The first-order valence-electron chi connectivity index (χ1n) is 14.3. The number of amides is 1. The number of rotatable bonds is 8. The van der Waals surface area contributed by atoms with Gasteiger partial charge in [0.25, 0.3) is 0 Å². The van der Waals surface area contributed by atoms with E-state index in [2.05, 4.69) is 21.5 Å². The molecule has 11 nitrogen and oxygen atoms in total. The van der Waals surface area contributed by atoms with Crippen molar-refractivity contribution in [2.75, 3.05) is 31.1 Å². The lowest BCUT2D eigenvalue weighted by atomic mass is 10.0. The van der Waals surface area contributed by atoms with Crippen molar-refractivity contribution < 1.29 is 28.2 Å². The summed E-state index contributed by atoms with van der Waals surface area (Å²) < 4.78 is 38.0. The van der Waals surface area contributed by atoms with Gasteiger partial charge in [-0.15, -0.1) is 0 Å². The van der Waals surface area contributed by atoms with Gasteiger partial charge in [0.1, 0.15) is 23.1 Å². The van der Waals surface area contributed by atoms with Gasteiger partial charge in [0, 0.05) is 31.9 Å². The van der Waals surface area contributed by atoms with Crippen LogP contribution in [0.1, 0.15) is 37.9 Å². The van der Waals surface area contributed by atoms with Crippen LogP contribution in [0, 0.1) is 18.6 Å². The molecule has 1 N–H and O–H groups in total. The third-order valence-electron chi connectivity index (χ3n) is 7.68. The fourth-order valence-corrected chi connectivity index (χ4v) is 5.58. The van der Waals surface area contributed by atoms with Crippen LogP contribution in [0.25, 0.3) is 28.0 Å². The van der Waals surface area contributed by atoms with E-state index in [-0.39, 0.29) is 40.5 Å². The number of pyridine rings is 2. The molecule has 5 rings (SSSR count). The van der Waals surface area contributed by atoms with Gasteiger partial charge >= 0.3 is 11.7 Å². The van der Waals surface area contributed by atoms with Crippen molar-refractivity contribution in [2.24, 2.45) is 0 Å². The van der Waals surface area contributed by atoms with Gasteiger partial charge in [0.2, 0.25) is 5.91 Å². The Bertz CT molecular complexity index is 1890. The largest absolute Gasteiger partial charge is 0.481 e. The maximum Gasteiger partial charge on any atom is 0.355 e. The number of fused-ring (bicyclic) bond motifs is 1.